The average Bonchev–Trinajstić information content (AvgIpc) is 2.64. The van der Waals surface area contributed by atoms with Crippen LogP contribution in [-0.2, 0) is 4.79 Å². The zero-order valence-corrected chi connectivity index (χ0v) is 14.2. The van der Waals surface area contributed by atoms with Crippen LogP contribution in [0.3, 0.4) is 0 Å². The van der Waals surface area contributed by atoms with Crippen LogP contribution in [0.15, 0.2) is 48.5 Å². The SMILES string of the molecule is O=C(O)CCCCCNC(=O)c1ccccc1C(=O)c1ccc(F)cc1. The number of hydrogen-bond donors (Lipinski definition) is 2. The average molecular weight is 357 g/mol. The summed E-state index contributed by atoms with van der Waals surface area (Å²) < 4.78 is 13.0. The molecule has 5 nitrogen and oxygen atoms in total. The van der Waals surface area contributed by atoms with Gasteiger partial charge in [-0.25, -0.2) is 4.39 Å². The van der Waals surface area contributed by atoms with Crippen molar-refractivity contribution in [2.75, 3.05) is 6.54 Å². The van der Waals surface area contributed by atoms with Crippen LogP contribution in [0.4, 0.5) is 4.39 Å². The standard InChI is InChI=1S/C20H20FNO4/c21-15-11-9-14(10-12-15)19(25)16-6-3-4-7-17(16)20(26)22-13-5-1-2-8-18(23)24/h3-4,6-7,9-12H,1-2,5,8,13H2,(H,22,26)(H,23,24). The van der Waals surface area contributed by atoms with Crippen molar-refractivity contribution in [3.63, 3.8) is 0 Å². The summed E-state index contributed by atoms with van der Waals surface area (Å²) in [5.41, 5.74) is 0.815. The van der Waals surface area contributed by atoms with Gasteiger partial charge >= 0.3 is 5.97 Å². The molecule has 26 heavy (non-hydrogen) atoms. The van der Waals surface area contributed by atoms with Crippen LogP contribution in [-0.4, -0.2) is 29.3 Å². The van der Waals surface area contributed by atoms with E-state index < -0.39 is 11.8 Å². The topological polar surface area (TPSA) is 83.5 Å². The lowest BCUT2D eigenvalue weighted by Gasteiger charge is -2.10. The first kappa shape index (κ1) is 19.3. The van der Waals surface area contributed by atoms with Gasteiger partial charge in [0.25, 0.3) is 5.91 Å². The highest BCUT2D eigenvalue weighted by atomic mass is 19.1. The molecular weight excluding hydrogens is 337 g/mol. The van der Waals surface area contributed by atoms with E-state index in [2.05, 4.69) is 5.32 Å². The molecule has 0 aliphatic heterocycles. The van der Waals surface area contributed by atoms with Gasteiger partial charge < -0.3 is 10.4 Å². The third-order valence-corrected chi connectivity index (χ3v) is 3.88. The van der Waals surface area contributed by atoms with Gasteiger partial charge in [0.1, 0.15) is 5.82 Å². The molecule has 0 bridgehead atoms. The summed E-state index contributed by atoms with van der Waals surface area (Å²) in [7, 11) is 0. The second-order valence-electron chi connectivity index (χ2n) is 5.84. The van der Waals surface area contributed by atoms with Crippen LogP contribution in [0.2, 0.25) is 0 Å². The van der Waals surface area contributed by atoms with E-state index in [0.717, 1.165) is 0 Å². The van der Waals surface area contributed by atoms with Crippen molar-refractivity contribution in [1.29, 1.82) is 0 Å². The Hall–Kier alpha value is -3.02. The number of carbonyl (C=O) groups excluding carboxylic acids is 2. The maximum Gasteiger partial charge on any atom is 0.303 e. The number of hydrogen-bond acceptors (Lipinski definition) is 3. The van der Waals surface area contributed by atoms with E-state index in [4.69, 9.17) is 5.11 Å². The molecule has 2 aromatic carbocycles. The molecule has 136 valence electrons. The fourth-order valence-electron chi connectivity index (χ4n) is 2.51. The Morgan fingerprint density at radius 2 is 1.54 bits per heavy atom. The molecular formula is C20H20FNO4. The highest BCUT2D eigenvalue weighted by molar-refractivity contribution is 6.15. The van der Waals surface area contributed by atoms with Crippen molar-refractivity contribution in [2.24, 2.45) is 0 Å². The Balaban J connectivity index is 1.99. The van der Waals surface area contributed by atoms with E-state index >= 15 is 0 Å². The van der Waals surface area contributed by atoms with E-state index in [0.29, 0.717) is 31.4 Å². The summed E-state index contributed by atoms with van der Waals surface area (Å²) in [5.74, 6) is -1.98. The number of rotatable bonds is 9. The summed E-state index contributed by atoms with van der Waals surface area (Å²) in [6.45, 7) is 0.400. The van der Waals surface area contributed by atoms with Crippen molar-refractivity contribution < 1.29 is 23.9 Å². The lowest BCUT2D eigenvalue weighted by molar-refractivity contribution is -0.137. The molecule has 0 spiro atoms. The zero-order chi connectivity index (χ0) is 18.9. The van der Waals surface area contributed by atoms with Crippen molar-refractivity contribution in [3.8, 4) is 0 Å². The van der Waals surface area contributed by atoms with Gasteiger partial charge in [-0.05, 0) is 43.2 Å². The number of benzene rings is 2. The molecule has 0 aliphatic rings. The largest absolute Gasteiger partial charge is 0.481 e. The molecule has 6 heteroatoms. The zero-order valence-electron chi connectivity index (χ0n) is 14.2. The summed E-state index contributed by atoms with van der Waals surface area (Å²) in [6.07, 6.45) is 2.03. The van der Waals surface area contributed by atoms with Gasteiger partial charge in [-0.2, -0.15) is 0 Å². The Bertz CT molecular complexity index is 787. The normalized spacial score (nSPS) is 10.3. The first-order valence-corrected chi connectivity index (χ1v) is 8.38. The molecule has 2 aromatic rings. The molecule has 2 N–H and O–H groups in total. The molecule has 1 amide bonds. The number of aliphatic carboxylic acids is 1. The van der Waals surface area contributed by atoms with E-state index in [1.54, 1.807) is 24.3 Å². The Morgan fingerprint density at radius 3 is 2.19 bits per heavy atom. The number of unbranched alkanes of at least 4 members (excludes halogenated alkanes) is 2. The Morgan fingerprint density at radius 1 is 0.885 bits per heavy atom. The minimum absolute atomic E-state index is 0.114. The number of carboxylic acid groups (broad SMARTS) is 1. The maximum absolute atomic E-state index is 13.0. The quantitative estimate of drug-likeness (QED) is 0.532. The molecule has 0 saturated heterocycles. The minimum Gasteiger partial charge on any atom is -0.481 e. The van der Waals surface area contributed by atoms with E-state index in [9.17, 15) is 18.8 Å². The lowest BCUT2D eigenvalue weighted by atomic mass is 9.98. The molecule has 0 aliphatic carbocycles. The monoisotopic (exact) mass is 357 g/mol. The van der Waals surface area contributed by atoms with Crippen LogP contribution >= 0.6 is 0 Å². The summed E-state index contributed by atoms with van der Waals surface area (Å²) >= 11 is 0. The number of ketones is 1. The molecule has 0 fully saturated rings. The van der Waals surface area contributed by atoms with Crippen LogP contribution in [0.5, 0.6) is 0 Å². The second kappa shape index (κ2) is 9.46. The van der Waals surface area contributed by atoms with Crippen LogP contribution in [0, 0.1) is 5.82 Å². The number of carboxylic acids is 1. The van der Waals surface area contributed by atoms with Gasteiger partial charge in [-0.15, -0.1) is 0 Å². The number of halogens is 1. The van der Waals surface area contributed by atoms with Crippen molar-refractivity contribution in [3.05, 3.63) is 71.0 Å². The van der Waals surface area contributed by atoms with Crippen LogP contribution in [0.1, 0.15) is 52.0 Å². The molecule has 0 aromatic heterocycles. The van der Waals surface area contributed by atoms with Crippen molar-refractivity contribution in [1.82, 2.24) is 5.32 Å². The third-order valence-electron chi connectivity index (χ3n) is 3.88. The van der Waals surface area contributed by atoms with E-state index in [1.165, 1.54) is 24.3 Å². The summed E-state index contributed by atoms with van der Waals surface area (Å²) in [6, 6.07) is 11.6. The number of carbonyl (C=O) groups is 3. The minimum atomic E-state index is -0.831. The van der Waals surface area contributed by atoms with E-state index in [1.807, 2.05) is 0 Å². The highest BCUT2D eigenvalue weighted by Gasteiger charge is 2.17. The molecule has 2 rings (SSSR count). The number of nitrogens with one attached hydrogen (secondary N) is 1. The maximum atomic E-state index is 13.0. The van der Waals surface area contributed by atoms with Gasteiger partial charge in [0.15, 0.2) is 5.78 Å². The predicted molar refractivity (Wildman–Crippen MR) is 94.7 cm³/mol. The van der Waals surface area contributed by atoms with Gasteiger partial charge in [0.2, 0.25) is 0 Å². The van der Waals surface area contributed by atoms with Crippen molar-refractivity contribution >= 4 is 17.7 Å². The predicted octanol–water partition coefficient (Wildman–Crippen LogP) is 3.43. The van der Waals surface area contributed by atoms with Crippen molar-refractivity contribution in [2.45, 2.75) is 25.7 Å². The second-order valence-corrected chi connectivity index (χ2v) is 5.84. The Kier molecular flexibility index (Phi) is 7.02. The smallest absolute Gasteiger partial charge is 0.303 e. The lowest BCUT2D eigenvalue weighted by Crippen LogP contribution is -2.26. The molecule has 0 unspecified atom stereocenters. The van der Waals surface area contributed by atoms with Gasteiger partial charge in [-0.1, -0.05) is 24.6 Å². The molecule has 0 radical (unpaired) electrons. The fraction of sp³-hybridized carbons (Fsp3) is 0.250. The van der Waals surface area contributed by atoms with Gasteiger partial charge in [0.05, 0.1) is 5.56 Å². The Labute approximate surface area is 150 Å². The summed E-state index contributed by atoms with van der Waals surface area (Å²) in [4.78, 5) is 35.4. The first-order chi connectivity index (χ1) is 12.5. The van der Waals surface area contributed by atoms with Gasteiger partial charge in [-0.3, -0.25) is 14.4 Å². The number of amides is 1. The first-order valence-electron chi connectivity index (χ1n) is 8.38. The van der Waals surface area contributed by atoms with Crippen LogP contribution in [0.25, 0.3) is 0 Å². The highest BCUT2D eigenvalue weighted by Crippen LogP contribution is 2.15. The molecule has 0 heterocycles. The fourth-order valence-corrected chi connectivity index (χ4v) is 2.51. The third kappa shape index (κ3) is 5.51. The van der Waals surface area contributed by atoms with Crippen LogP contribution < -0.4 is 5.32 Å². The molecule has 0 saturated carbocycles. The summed E-state index contributed by atoms with van der Waals surface area (Å²) in [5, 5.41) is 11.3. The van der Waals surface area contributed by atoms with Gasteiger partial charge in [0, 0.05) is 24.1 Å². The van der Waals surface area contributed by atoms with E-state index in [-0.39, 0.29) is 29.2 Å². The molecule has 0 atom stereocenters.